The molecule has 0 aliphatic heterocycles. The van der Waals surface area contributed by atoms with Crippen LogP contribution in [0.2, 0.25) is 0 Å². The summed E-state index contributed by atoms with van der Waals surface area (Å²) < 4.78 is 27.9. The smallest absolute Gasteiger partial charge is 0.338 e. The molecule has 2 aromatic carbocycles. The molecule has 1 atom stereocenters. The minimum atomic E-state index is -3.37. The van der Waals surface area contributed by atoms with Gasteiger partial charge in [-0.3, -0.25) is 9.59 Å². The lowest BCUT2D eigenvalue weighted by Gasteiger charge is -2.14. The van der Waals surface area contributed by atoms with Gasteiger partial charge < -0.3 is 15.8 Å². The third kappa shape index (κ3) is 5.38. The number of carbonyl (C=O) groups excluding carboxylic acids is 3. The van der Waals surface area contributed by atoms with Gasteiger partial charge in [0.05, 0.1) is 10.5 Å². The number of nitrogens with two attached hydrogens (primary N) is 1. The molecular formula is C18H18N2O6S. The van der Waals surface area contributed by atoms with Crippen LogP contribution in [0, 0.1) is 0 Å². The van der Waals surface area contributed by atoms with Crippen molar-refractivity contribution in [2.24, 2.45) is 5.73 Å². The van der Waals surface area contributed by atoms with E-state index in [1.165, 1.54) is 55.5 Å². The molecule has 27 heavy (non-hydrogen) atoms. The Hall–Kier alpha value is -3.20. The molecule has 0 bridgehead atoms. The number of anilines is 1. The van der Waals surface area contributed by atoms with Crippen LogP contribution in [0.5, 0.6) is 0 Å². The zero-order valence-electron chi connectivity index (χ0n) is 14.6. The minimum absolute atomic E-state index is 0.0734. The molecule has 0 aliphatic carbocycles. The molecular weight excluding hydrogens is 372 g/mol. The van der Waals surface area contributed by atoms with Crippen molar-refractivity contribution in [2.45, 2.75) is 17.9 Å². The summed E-state index contributed by atoms with van der Waals surface area (Å²) in [6.45, 7) is 1.40. The van der Waals surface area contributed by atoms with Gasteiger partial charge >= 0.3 is 5.97 Å². The van der Waals surface area contributed by atoms with E-state index in [4.69, 9.17) is 10.5 Å². The molecule has 2 amide bonds. The van der Waals surface area contributed by atoms with Crippen LogP contribution < -0.4 is 11.1 Å². The van der Waals surface area contributed by atoms with Crippen LogP contribution >= 0.6 is 0 Å². The largest absolute Gasteiger partial charge is 0.449 e. The molecule has 2 aromatic rings. The van der Waals surface area contributed by atoms with Crippen LogP contribution in [0.4, 0.5) is 5.69 Å². The Kier molecular flexibility index (Phi) is 5.96. The summed E-state index contributed by atoms with van der Waals surface area (Å²) in [6, 6.07) is 11.1. The van der Waals surface area contributed by atoms with E-state index in [-0.39, 0.29) is 10.5 Å². The molecule has 0 aliphatic rings. The van der Waals surface area contributed by atoms with Gasteiger partial charge in [0, 0.05) is 17.5 Å². The van der Waals surface area contributed by atoms with E-state index in [1.54, 1.807) is 0 Å². The predicted molar refractivity (Wildman–Crippen MR) is 98.0 cm³/mol. The van der Waals surface area contributed by atoms with Crippen LogP contribution in [0.3, 0.4) is 0 Å². The van der Waals surface area contributed by atoms with E-state index in [0.717, 1.165) is 6.26 Å². The van der Waals surface area contributed by atoms with E-state index < -0.39 is 33.7 Å². The van der Waals surface area contributed by atoms with Gasteiger partial charge in [0.15, 0.2) is 15.9 Å². The fraction of sp³-hybridized carbons (Fsp3) is 0.167. The lowest BCUT2D eigenvalue weighted by atomic mass is 10.2. The van der Waals surface area contributed by atoms with Gasteiger partial charge in [-0.05, 0) is 55.5 Å². The van der Waals surface area contributed by atoms with E-state index in [0.29, 0.717) is 11.3 Å². The molecule has 3 N–H and O–H groups in total. The maximum atomic E-state index is 12.1. The molecule has 8 nitrogen and oxygen atoms in total. The van der Waals surface area contributed by atoms with Gasteiger partial charge in [-0.1, -0.05) is 0 Å². The van der Waals surface area contributed by atoms with Crippen LogP contribution in [0.15, 0.2) is 53.4 Å². The molecule has 0 aromatic heterocycles. The number of sulfone groups is 1. The number of amides is 2. The Morgan fingerprint density at radius 2 is 1.48 bits per heavy atom. The van der Waals surface area contributed by atoms with Crippen molar-refractivity contribution in [2.75, 3.05) is 11.6 Å². The Labute approximate surface area is 156 Å². The average Bonchev–Trinajstić information content (AvgIpc) is 2.61. The third-order valence-electron chi connectivity index (χ3n) is 3.61. The lowest BCUT2D eigenvalue weighted by molar-refractivity contribution is -0.123. The topological polar surface area (TPSA) is 133 Å². The molecule has 2 rings (SSSR count). The van der Waals surface area contributed by atoms with Gasteiger partial charge in [-0.2, -0.15) is 0 Å². The highest BCUT2D eigenvalue weighted by molar-refractivity contribution is 7.90. The van der Waals surface area contributed by atoms with Crippen molar-refractivity contribution in [3.63, 3.8) is 0 Å². The number of rotatable bonds is 6. The normalized spacial score (nSPS) is 12.1. The molecule has 0 saturated carbocycles. The second-order valence-electron chi connectivity index (χ2n) is 5.77. The zero-order chi connectivity index (χ0) is 20.2. The summed E-state index contributed by atoms with van der Waals surface area (Å²) >= 11 is 0. The number of hydrogen-bond acceptors (Lipinski definition) is 6. The van der Waals surface area contributed by atoms with E-state index >= 15 is 0 Å². The summed E-state index contributed by atoms with van der Waals surface area (Å²) in [5.41, 5.74) is 5.96. The van der Waals surface area contributed by atoms with Crippen LogP contribution in [0.1, 0.15) is 27.6 Å². The number of esters is 1. The first-order valence-corrected chi connectivity index (χ1v) is 9.69. The van der Waals surface area contributed by atoms with Crippen LogP contribution in [-0.2, 0) is 19.4 Å². The number of primary amides is 1. The van der Waals surface area contributed by atoms with Gasteiger partial charge in [0.2, 0.25) is 5.91 Å². The van der Waals surface area contributed by atoms with Crippen LogP contribution in [-0.4, -0.2) is 38.6 Å². The quantitative estimate of drug-likeness (QED) is 0.716. The summed E-state index contributed by atoms with van der Waals surface area (Å²) in [6.07, 6.45) is -0.0363. The highest BCUT2D eigenvalue weighted by atomic mass is 32.2. The van der Waals surface area contributed by atoms with Crippen molar-refractivity contribution >= 4 is 33.3 Å². The second kappa shape index (κ2) is 8.00. The Balaban J connectivity index is 1.98. The maximum Gasteiger partial charge on any atom is 0.338 e. The molecule has 0 fully saturated rings. The Morgan fingerprint density at radius 3 is 1.96 bits per heavy atom. The number of ether oxygens (including phenoxy) is 1. The first-order chi connectivity index (χ1) is 12.6. The van der Waals surface area contributed by atoms with Gasteiger partial charge in [0.1, 0.15) is 0 Å². The molecule has 9 heteroatoms. The first-order valence-electron chi connectivity index (χ1n) is 7.80. The SMILES string of the molecule is CC(OC(=O)c1ccc(S(C)(=O)=O)cc1)C(=O)Nc1ccc(C(N)=O)cc1. The van der Waals surface area contributed by atoms with Crippen molar-refractivity contribution in [1.82, 2.24) is 0 Å². The molecule has 0 saturated heterocycles. The average molecular weight is 390 g/mol. The van der Waals surface area contributed by atoms with Gasteiger partial charge in [0.25, 0.3) is 5.91 Å². The van der Waals surface area contributed by atoms with E-state index in [2.05, 4.69) is 5.32 Å². The molecule has 142 valence electrons. The Morgan fingerprint density at radius 1 is 0.963 bits per heavy atom. The lowest BCUT2D eigenvalue weighted by Crippen LogP contribution is -2.30. The number of benzene rings is 2. The second-order valence-corrected chi connectivity index (χ2v) is 7.79. The fourth-order valence-corrected chi connectivity index (χ4v) is 2.71. The van der Waals surface area contributed by atoms with Crippen molar-refractivity contribution < 1.29 is 27.5 Å². The number of nitrogens with one attached hydrogen (secondary N) is 1. The molecule has 0 radical (unpaired) electrons. The van der Waals surface area contributed by atoms with Crippen LogP contribution in [0.25, 0.3) is 0 Å². The summed E-state index contributed by atoms with van der Waals surface area (Å²) in [5, 5.41) is 2.55. The first kappa shape index (κ1) is 20.1. The van der Waals surface area contributed by atoms with Crippen molar-refractivity contribution in [3.05, 3.63) is 59.7 Å². The van der Waals surface area contributed by atoms with Crippen molar-refractivity contribution in [1.29, 1.82) is 0 Å². The third-order valence-corrected chi connectivity index (χ3v) is 4.74. The highest BCUT2D eigenvalue weighted by Crippen LogP contribution is 2.13. The molecule has 0 heterocycles. The van der Waals surface area contributed by atoms with Crippen molar-refractivity contribution in [3.8, 4) is 0 Å². The maximum absolute atomic E-state index is 12.1. The summed E-state index contributed by atoms with van der Waals surface area (Å²) in [5.74, 6) is -1.92. The molecule has 1 unspecified atom stereocenters. The van der Waals surface area contributed by atoms with E-state index in [9.17, 15) is 22.8 Å². The minimum Gasteiger partial charge on any atom is -0.449 e. The molecule has 0 spiro atoms. The summed E-state index contributed by atoms with van der Waals surface area (Å²) in [7, 11) is -3.37. The number of hydrogen-bond donors (Lipinski definition) is 2. The Bertz CT molecular complexity index is 966. The monoisotopic (exact) mass is 390 g/mol. The number of carbonyl (C=O) groups is 3. The van der Waals surface area contributed by atoms with E-state index in [1.807, 2.05) is 0 Å². The van der Waals surface area contributed by atoms with Gasteiger partial charge in [-0.25, -0.2) is 13.2 Å². The summed E-state index contributed by atoms with van der Waals surface area (Å²) in [4.78, 5) is 35.3. The standard InChI is InChI=1S/C18H18N2O6S/c1-11(17(22)20-14-7-3-12(4-8-14)16(19)21)26-18(23)13-5-9-15(10-6-13)27(2,24)25/h3-11H,1-2H3,(H2,19,21)(H,20,22). The predicted octanol–water partition coefficient (Wildman–Crippen LogP) is 1.37. The highest BCUT2D eigenvalue weighted by Gasteiger charge is 2.19. The van der Waals surface area contributed by atoms with Gasteiger partial charge in [-0.15, -0.1) is 0 Å². The fourth-order valence-electron chi connectivity index (χ4n) is 2.08. The zero-order valence-corrected chi connectivity index (χ0v) is 15.4.